The van der Waals surface area contributed by atoms with Crippen LogP contribution in [-0.2, 0) is 0 Å². The van der Waals surface area contributed by atoms with Gasteiger partial charge in [-0.15, -0.1) is 0 Å². The minimum Gasteiger partial charge on any atom is -0.422 e. The van der Waals surface area contributed by atoms with Gasteiger partial charge in [0.2, 0.25) is 0 Å². The van der Waals surface area contributed by atoms with Crippen LogP contribution >= 0.6 is 0 Å². The molecule has 1 aliphatic rings. The molecule has 0 aliphatic carbocycles. The monoisotopic (exact) mass is 286 g/mol. The maximum atomic E-state index is 12.7. The van der Waals surface area contributed by atoms with Crippen LogP contribution in [0.4, 0.5) is 0 Å². The van der Waals surface area contributed by atoms with Gasteiger partial charge in [-0.05, 0) is 18.6 Å². The van der Waals surface area contributed by atoms with Crippen molar-refractivity contribution >= 4 is 16.9 Å². The van der Waals surface area contributed by atoms with Crippen molar-refractivity contribution in [3.63, 3.8) is 0 Å². The van der Waals surface area contributed by atoms with Gasteiger partial charge in [-0.25, -0.2) is 4.79 Å². The average molecular weight is 286 g/mol. The third-order valence-corrected chi connectivity index (χ3v) is 3.80. The lowest BCUT2D eigenvalue weighted by Crippen LogP contribution is -2.59. The molecule has 1 fully saturated rings. The summed E-state index contributed by atoms with van der Waals surface area (Å²) in [5, 5.41) is 3.92. The van der Waals surface area contributed by atoms with Gasteiger partial charge in [0.05, 0.1) is 6.04 Å². The molecule has 1 saturated heterocycles. The summed E-state index contributed by atoms with van der Waals surface area (Å²) in [4.78, 5) is 26.5. The minimum atomic E-state index is -0.563. The molecule has 0 atom stereocenters. The van der Waals surface area contributed by atoms with Crippen LogP contribution in [0, 0.1) is 0 Å². The van der Waals surface area contributed by atoms with Crippen molar-refractivity contribution in [1.29, 1.82) is 0 Å². The first-order valence-corrected chi connectivity index (χ1v) is 7.25. The molecule has 5 heteroatoms. The predicted octanol–water partition coefficient (Wildman–Crippen LogP) is 1.62. The highest BCUT2D eigenvalue weighted by molar-refractivity contribution is 5.96. The van der Waals surface area contributed by atoms with E-state index < -0.39 is 5.63 Å². The Balaban J connectivity index is 1.99. The number of hydrogen-bond acceptors (Lipinski definition) is 4. The third kappa shape index (κ3) is 2.56. The number of hydrogen-bond donors (Lipinski definition) is 1. The number of nitrogens with zero attached hydrogens (tertiary/aromatic N) is 1. The van der Waals surface area contributed by atoms with E-state index in [0.29, 0.717) is 12.1 Å². The maximum Gasteiger partial charge on any atom is 0.349 e. The van der Waals surface area contributed by atoms with E-state index in [1.54, 1.807) is 23.1 Å². The summed E-state index contributed by atoms with van der Waals surface area (Å²) < 4.78 is 5.25. The standard InChI is InChI=1S/C16H18N2O3/c1-2-7-18(12-9-17-10-12)15(19)13-8-11-5-3-4-6-14(11)21-16(13)20/h3-6,8,12,17H,2,7,9-10H2,1H3. The summed E-state index contributed by atoms with van der Waals surface area (Å²) in [5.41, 5.74) is 0.0625. The Kier molecular flexibility index (Phi) is 3.75. The molecule has 2 heterocycles. The Morgan fingerprint density at radius 2 is 2.14 bits per heavy atom. The van der Waals surface area contributed by atoms with Gasteiger partial charge in [-0.2, -0.15) is 0 Å². The minimum absolute atomic E-state index is 0.119. The smallest absolute Gasteiger partial charge is 0.349 e. The summed E-state index contributed by atoms with van der Waals surface area (Å²) in [6, 6.07) is 9.03. The van der Waals surface area contributed by atoms with E-state index in [2.05, 4.69) is 5.32 Å². The zero-order chi connectivity index (χ0) is 14.8. The molecule has 5 nitrogen and oxygen atoms in total. The van der Waals surface area contributed by atoms with Gasteiger partial charge in [-0.1, -0.05) is 25.1 Å². The second kappa shape index (κ2) is 5.69. The molecular formula is C16H18N2O3. The molecule has 1 amide bonds. The van der Waals surface area contributed by atoms with Crippen molar-refractivity contribution in [3.8, 4) is 0 Å². The highest BCUT2D eigenvalue weighted by Gasteiger charge is 2.30. The summed E-state index contributed by atoms with van der Waals surface area (Å²) in [5.74, 6) is -0.233. The van der Waals surface area contributed by atoms with Crippen molar-refractivity contribution in [2.75, 3.05) is 19.6 Å². The Hall–Kier alpha value is -2.14. The quantitative estimate of drug-likeness (QED) is 0.868. The molecule has 2 aromatic rings. The predicted molar refractivity (Wildman–Crippen MR) is 80.5 cm³/mol. The van der Waals surface area contributed by atoms with Crippen LogP contribution in [0.1, 0.15) is 23.7 Å². The molecule has 1 aromatic carbocycles. The van der Waals surface area contributed by atoms with Crippen LogP contribution < -0.4 is 10.9 Å². The number of nitrogens with one attached hydrogen (secondary N) is 1. The maximum absolute atomic E-state index is 12.7. The van der Waals surface area contributed by atoms with Crippen LogP contribution in [0.5, 0.6) is 0 Å². The number of benzene rings is 1. The van der Waals surface area contributed by atoms with Gasteiger partial charge in [0.1, 0.15) is 11.1 Å². The lowest BCUT2D eigenvalue weighted by molar-refractivity contribution is 0.0611. The first-order valence-electron chi connectivity index (χ1n) is 7.25. The molecule has 21 heavy (non-hydrogen) atoms. The van der Waals surface area contributed by atoms with Crippen LogP contribution in [0.3, 0.4) is 0 Å². The molecule has 1 aliphatic heterocycles. The van der Waals surface area contributed by atoms with Crippen LogP contribution in [0.2, 0.25) is 0 Å². The largest absolute Gasteiger partial charge is 0.422 e. The highest BCUT2D eigenvalue weighted by atomic mass is 16.4. The van der Waals surface area contributed by atoms with Crippen molar-refractivity contribution in [3.05, 3.63) is 46.3 Å². The molecule has 110 valence electrons. The van der Waals surface area contributed by atoms with Crippen LogP contribution in [0.25, 0.3) is 11.0 Å². The highest BCUT2D eigenvalue weighted by Crippen LogP contribution is 2.16. The number of carbonyl (C=O) groups excluding carboxylic acids is 1. The fourth-order valence-electron chi connectivity index (χ4n) is 2.55. The van der Waals surface area contributed by atoms with Crippen LogP contribution in [-0.4, -0.2) is 36.5 Å². The molecule has 1 aromatic heterocycles. The molecule has 3 rings (SSSR count). The van der Waals surface area contributed by atoms with E-state index in [1.165, 1.54) is 0 Å². The van der Waals surface area contributed by atoms with E-state index in [0.717, 1.165) is 24.9 Å². The van der Waals surface area contributed by atoms with Crippen molar-refractivity contribution in [2.24, 2.45) is 0 Å². The van der Waals surface area contributed by atoms with Gasteiger partial charge in [0.15, 0.2) is 0 Å². The Bertz CT molecular complexity index is 719. The summed E-state index contributed by atoms with van der Waals surface area (Å²) >= 11 is 0. The molecule has 0 spiro atoms. The number of para-hydroxylation sites is 1. The summed E-state index contributed by atoms with van der Waals surface area (Å²) in [6.07, 6.45) is 0.862. The number of fused-ring (bicyclic) bond motifs is 1. The normalized spacial score (nSPS) is 14.9. The fraction of sp³-hybridized carbons (Fsp3) is 0.375. The van der Waals surface area contributed by atoms with Gasteiger partial charge in [0, 0.05) is 25.0 Å². The first-order chi connectivity index (χ1) is 10.2. The van der Waals surface area contributed by atoms with E-state index >= 15 is 0 Å². The first kappa shape index (κ1) is 13.8. The Morgan fingerprint density at radius 1 is 1.38 bits per heavy atom. The lowest BCUT2D eigenvalue weighted by Gasteiger charge is -2.38. The molecule has 0 bridgehead atoms. The van der Waals surface area contributed by atoms with Crippen molar-refractivity contribution in [1.82, 2.24) is 10.2 Å². The zero-order valence-corrected chi connectivity index (χ0v) is 12.0. The van der Waals surface area contributed by atoms with Gasteiger partial charge >= 0.3 is 5.63 Å². The molecular weight excluding hydrogens is 268 g/mol. The van der Waals surface area contributed by atoms with E-state index in [-0.39, 0.29) is 17.5 Å². The number of carbonyl (C=O) groups is 1. The van der Waals surface area contributed by atoms with E-state index in [1.807, 2.05) is 19.1 Å². The SMILES string of the molecule is CCCN(C(=O)c1cc2ccccc2oc1=O)C1CNC1. The zero-order valence-electron chi connectivity index (χ0n) is 12.0. The van der Waals surface area contributed by atoms with E-state index in [9.17, 15) is 9.59 Å². The summed E-state index contributed by atoms with van der Waals surface area (Å²) in [6.45, 7) is 4.24. The lowest BCUT2D eigenvalue weighted by atomic mass is 10.1. The third-order valence-electron chi connectivity index (χ3n) is 3.80. The van der Waals surface area contributed by atoms with Gasteiger partial charge in [0.25, 0.3) is 5.91 Å². The number of amides is 1. The second-order valence-corrected chi connectivity index (χ2v) is 5.30. The molecule has 0 saturated carbocycles. The molecule has 1 N–H and O–H groups in total. The Morgan fingerprint density at radius 3 is 2.81 bits per heavy atom. The molecule has 0 radical (unpaired) electrons. The summed E-state index contributed by atoms with van der Waals surface area (Å²) in [7, 11) is 0. The van der Waals surface area contributed by atoms with Gasteiger partial charge in [-0.3, -0.25) is 4.79 Å². The van der Waals surface area contributed by atoms with Crippen molar-refractivity contribution in [2.45, 2.75) is 19.4 Å². The average Bonchev–Trinajstić information content (AvgIpc) is 2.43. The topological polar surface area (TPSA) is 62.6 Å². The second-order valence-electron chi connectivity index (χ2n) is 5.30. The molecule has 0 unspecified atom stereocenters. The Labute approximate surface area is 122 Å². The van der Waals surface area contributed by atoms with Crippen LogP contribution in [0.15, 0.2) is 39.5 Å². The van der Waals surface area contributed by atoms with E-state index in [4.69, 9.17) is 4.42 Å². The van der Waals surface area contributed by atoms with Gasteiger partial charge < -0.3 is 14.6 Å². The van der Waals surface area contributed by atoms with Crippen molar-refractivity contribution < 1.29 is 9.21 Å². The number of rotatable bonds is 4. The fourth-order valence-corrected chi connectivity index (χ4v) is 2.55.